The number of amides is 1. The molecule has 2 aromatic carbocycles. The van der Waals surface area contributed by atoms with Crippen molar-refractivity contribution in [2.24, 2.45) is 5.92 Å². The molecule has 28 heavy (non-hydrogen) atoms. The van der Waals surface area contributed by atoms with E-state index >= 15 is 0 Å². The number of benzene rings is 2. The second kappa shape index (κ2) is 7.50. The molecule has 1 N–H and O–H groups in total. The van der Waals surface area contributed by atoms with Gasteiger partial charge in [0.2, 0.25) is 0 Å². The lowest BCUT2D eigenvalue weighted by Gasteiger charge is -2.19. The first-order valence-electron chi connectivity index (χ1n) is 9.63. The summed E-state index contributed by atoms with van der Waals surface area (Å²) in [5.74, 6) is 1.28. The molecular weight excluding hydrogens is 350 g/mol. The van der Waals surface area contributed by atoms with Crippen molar-refractivity contribution in [1.29, 1.82) is 0 Å². The van der Waals surface area contributed by atoms with E-state index in [9.17, 15) is 4.79 Å². The molecule has 5 nitrogen and oxygen atoms in total. The van der Waals surface area contributed by atoms with Crippen molar-refractivity contribution in [1.82, 2.24) is 15.1 Å². The fourth-order valence-corrected chi connectivity index (χ4v) is 3.58. The van der Waals surface area contributed by atoms with Crippen molar-refractivity contribution < 1.29 is 9.53 Å². The van der Waals surface area contributed by atoms with E-state index in [-0.39, 0.29) is 11.9 Å². The molecule has 1 saturated carbocycles. The monoisotopic (exact) mass is 375 g/mol. The summed E-state index contributed by atoms with van der Waals surface area (Å²) in [4.78, 5) is 12.8. The van der Waals surface area contributed by atoms with E-state index in [0.717, 1.165) is 41.2 Å². The van der Waals surface area contributed by atoms with Gasteiger partial charge in [0.05, 0.1) is 24.5 Å². The molecule has 1 fully saturated rings. The van der Waals surface area contributed by atoms with E-state index in [1.165, 1.54) is 0 Å². The number of methoxy groups -OCH3 is 1. The minimum absolute atomic E-state index is 0.0362. The molecule has 0 bridgehead atoms. The van der Waals surface area contributed by atoms with Gasteiger partial charge in [0.25, 0.3) is 5.91 Å². The highest BCUT2D eigenvalue weighted by Crippen LogP contribution is 2.41. The van der Waals surface area contributed by atoms with Gasteiger partial charge in [-0.15, -0.1) is 0 Å². The predicted octanol–water partition coefficient (Wildman–Crippen LogP) is 4.38. The molecule has 5 heteroatoms. The molecule has 1 amide bonds. The number of hydrogen-bond donors (Lipinski definition) is 1. The molecule has 0 spiro atoms. The van der Waals surface area contributed by atoms with Crippen LogP contribution in [0.2, 0.25) is 0 Å². The number of nitrogens with one attached hydrogen (secondary N) is 1. The molecule has 0 saturated heterocycles. The summed E-state index contributed by atoms with van der Waals surface area (Å²) in [5.41, 5.74) is 4.78. The largest absolute Gasteiger partial charge is 0.497 e. The molecule has 0 radical (unpaired) electrons. The quantitative estimate of drug-likeness (QED) is 0.696. The maximum absolute atomic E-state index is 12.8. The number of carbonyl (C=O) groups excluding carboxylic acids is 1. The highest BCUT2D eigenvalue weighted by Gasteiger charge is 2.33. The number of rotatable bonds is 6. The summed E-state index contributed by atoms with van der Waals surface area (Å²) in [6.07, 6.45) is 2.29. The molecule has 3 aromatic rings. The topological polar surface area (TPSA) is 56.1 Å². The van der Waals surface area contributed by atoms with Crippen molar-refractivity contribution in [3.8, 4) is 11.4 Å². The Hall–Kier alpha value is -3.08. The Labute approximate surface area is 165 Å². The summed E-state index contributed by atoms with van der Waals surface area (Å²) in [6, 6.07) is 17.6. The third-order valence-corrected chi connectivity index (χ3v) is 5.24. The van der Waals surface area contributed by atoms with Crippen molar-refractivity contribution in [2.75, 3.05) is 7.11 Å². The SMILES string of the molecule is COc1ccc([C@H](NC(=O)c2ccc(-n3nc(C)cc3C)cc2)C2CC2)cc1. The lowest BCUT2D eigenvalue weighted by molar-refractivity contribution is 0.0931. The standard InChI is InChI=1S/C23H25N3O2/c1-15-14-16(2)26(25-15)20-10-6-19(7-11-20)23(27)24-22(17-4-5-17)18-8-12-21(28-3)13-9-18/h6-14,17,22H,4-5H2,1-3H3,(H,24,27)/t22-/m1/s1. The number of nitrogens with zero attached hydrogens (tertiary/aromatic N) is 2. The molecular formula is C23H25N3O2. The maximum Gasteiger partial charge on any atom is 0.251 e. The van der Waals surface area contributed by atoms with Crippen LogP contribution in [0.3, 0.4) is 0 Å². The number of carbonyl (C=O) groups is 1. The van der Waals surface area contributed by atoms with Gasteiger partial charge in [-0.25, -0.2) is 4.68 Å². The van der Waals surface area contributed by atoms with Crippen LogP contribution in [0.15, 0.2) is 54.6 Å². The van der Waals surface area contributed by atoms with Crippen LogP contribution in [-0.4, -0.2) is 22.8 Å². The molecule has 1 atom stereocenters. The Balaban J connectivity index is 1.50. The van der Waals surface area contributed by atoms with E-state index in [4.69, 9.17) is 4.74 Å². The van der Waals surface area contributed by atoms with Crippen LogP contribution >= 0.6 is 0 Å². The first-order chi connectivity index (χ1) is 13.5. The normalized spacial score (nSPS) is 14.5. The van der Waals surface area contributed by atoms with Gasteiger partial charge < -0.3 is 10.1 Å². The Morgan fingerprint density at radius 3 is 2.32 bits per heavy atom. The van der Waals surface area contributed by atoms with E-state index < -0.39 is 0 Å². The van der Waals surface area contributed by atoms with Gasteiger partial charge in [-0.2, -0.15) is 5.10 Å². The predicted molar refractivity (Wildman–Crippen MR) is 109 cm³/mol. The number of aryl methyl sites for hydroxylation is 2. The summed E-state index contributed by atoms with van der Waals surface area (Å²) in [6.45, 7) is 4.00. The Bertz CT molecular complexity index is 970. The van der Waals surface area contributed by atoms with Crippen LogP contribution < -0.4 is 10.1 Å². The molecule has 1 heterocycles. The van der Waals surface area contributed by atoms with Gasteiger partial charge in [-0.3, -0.25) is 4.79 Å². The van der Waals surface area contributed by atoms with Crippen LogP contribution in [-0.2, 0) is 0 Å². The Kier molecular flexibility index (Phi) is 4.90. The van der Waals surface area contributed by atoms with Crippen LogP contribution in [0.25, 0.3) is 5.69 Å². The highest BCUT2D eigenvalue weighted by molar-refractivity contribution is 5.94. The van der Waals surface area contributed by atoms with Gasteiger partial charge in [0, 0.05) is 11.3 Å². The van der Waals surface area contributed by atoms with Gasteiger partial charge in [0.1, 0.15) is 5.75 Å². The average molecular weight is 375 g/mol. The van der Waals surface area contributed by atoms with Gasteiger partial charge in [0.15, 0.2) is 0 Å². The summed E-state index contributed by atoms with van der Waals surface area (Å²) < 4.78 is 7.13. The molecule has 1 aliphatic rings. The van der Waals surface area contributed by atoms with Crippen LogP contribution in [0.1, 0.15) is 46.2 Å². The highest BCUT2D eigenvalue weighted by atomic mass is 16.5. The number of aromatic nitrogens is 2. The van der Waals surface area contributed by atoms with Crippen molar-refractivity contribution in [3.63, 3.8) is 0 Å². The third kappa shape index (κ3) is 3.79. The van der Waals surface area contributed by atoms with E-state index in [0.29, 0.717) is 11.5 Å². The minimum Gasteiger partial charge on any atom is -0.497 e. The van der Waals surface area contributed by atoms with E-state index in [1.54, 1.807) is 7.11 Å². The summed E-state index contributed by atoms with van der Waals surface area (Å²) in [7, 11) is 1.66. The Morgan fingerprint density at radius 1 is 1.11 bits per heavy atom. The van der Waals surface area contributed by atoms with Crippen LogP contribution in [0.5, 0.6) is 5.75 Å². The van der Waals surface area contributed by atoms with Gasteiger partial charge >= 0.3 is 0 Å². The van der Waals surface area contributed by atoms with Crippen LogP contribution in [0.4, 0.5) is 0 Å². The molecule has 4 rings (SSSR count). The minimum atomic E-state index is -0.0485. The summed E-state index contributed by atoms with van der Waals surface area (Å²) in [5, 5.41) is 7.72. The van der Waals surface area contributed by atoms with Crippen molar-refractivity contribution in [3.05, 3.63) is 77.1 Å². The first-order valence-corrected chi connectivity index (χ1v) is 9.63. The average Bonchev–Trinajstić information content (AvgIpc) is 3.50. The Morgan fingerprint density at radius 2 is 1.79 bits per heavy atom. The van der Waals surface area contributed by atoms with E-state index in [2.05, 4.69) is 10.4 Å². The zero-order valence-electron chi connectivity index (χ0n) is 16.5. The smallest absolute Gasteiger partial charge is 0.251 e. The maximum atomic E-state index is 12.8. The second-order valence-electron chi connectivity index (χ2n) is 7.45. The molecule has 0 aliphatic heterocycles. The second-order valence-corrected chi connectivity index (χ2v) is 7.45. The molecule has 1 aromatic heterocycles. The molecule has 144 valence electrons. The van der Waals surface area contributed by atoms with Crippen LogP contribution in [0, 0.1) is 19.8 Å². The van der Waals surface area contributed by atoms with Gasteiger partial charge in [-0.05, 0) is 80.6 Å². The van der Waals surface area contributed by atoms with Crippen molar-refractivity contribution >= 4 is 5.91 Å². The molecule has 1 aliphatic carbocycles. The number of ether oxygens (including phenoxy) is 1. The lowest BCUT2D eigenvalue weighted by Crippen LogP contribution is -2.29. The zero-order valence-corrected chi connectivity index (χ0v) is 16.5. The van der Waals surface area contributed by atoms with E-state index in [1.807, 2.05) is 73.1 Å². The molecule has 0 unspecified atom stereocenters. The first kappa shape index (κ1) is 18.3. The third-order valence-electron chi connectivity index (χ3n) is 5.24. The lowest BCUT2D eigenvalue weighted by atomic mass is 10.0. The summed E-state index contributed by atoms with van der Waals surface area (Å²) >= 11 is 0. The van der Waals surface area contributed by atoms with Crippen molar-refractivity contribution in [2.45, 2.75) is 32.7 Å². The zero-order chi connectivity index (χ0) is 19.7. The fourth-order valence-electron chi connectivity index (χ4n) is 3.58. The van der Waals surface area contributed by atoms with Gasteiger partial charge in [-0.1, -0.05) is 12.1 Å². The number of hydrogen-bond acceptors (Lipinski definition) is 3. The fraction of sp³-hybridized carbons (Fsp3) is 0.304.